The molecule has 7 nitrogen and oxygen atoms in total. The molecule has 1 aliphatic rings. The maximum absolute atomic E-state index is 12.9. The predicted octanol–water partition coefficient (Wildman–Crippen LogP) is 1.01. The molecule has 0 radical (unpaired) electrons. The van der Waals surface area contributed by atoms with Crippen LogP contribution in [0.25, 0.3) is 0 Å². The second kappa shape index (κ2) is 6.99. The van der Waals surface area contributed by atoms with Gasteiger partial charge in [-0.3, -0.25) is 0 Å². The number of rotatable bonds is 5. The third kappa shape index (κ3) is 4.27. The van der Waals surface area contributed by atoms with Gasteiger partial charge in [0.1, 0.15) is 10.6 Å². The molecule has 0 saturated carbocycles. The summed E-state index contributed by atoms with van der Waals surface area (Å²) < 4.78 is 57.6. The van der Waals surface area contributed by atoms with Crippen LogP contribution >= 0.6 is 0 Å². The Labute approximate surface area is 144 Å². The number of hydrogen-bond acceptors (Lipinski definition) is 5. The zero-order chi connectivity index (χ0) is 18.1. The van der Waals surface area contributed by atoms with Gasteiger partial charge in [0.05, 0.1) is 13.4 Å². The normalized spacial score (nSPS) is 17.8. The van der Waals surface area contributed by atoms with Crippen molar-refractivity contribution in [3.63, 3.8) is 0 Å². The third-order valence-corrected chi connectivity index (χ3v) is 6.91. The van der Waals surface area contributed by atoms with E-state index in [0.717, 1.165) is 17.4 Å². The molecule has 1 aromatic rings. The quantitative estimate of drug-likeness (QED) is 0.828. The van der Waals surface area contributed by atoms with E-state index < -0.39 is 20.0 Å². The molecule has 1 heterocycles. The van der Waals surface area contributed by atoms with Crippen LogP contribution in [0.15, 0.2) is 17.0 Å². The summed E-state index contributed by atoms with van der Waals surface area (Å²) in [7, 11) is -5.52. The van der Waals surface area contributed by atoms with Crippen molar-refractivity contribution in [1.29, 1.82) is 0 Å². The number of benzene rings is 1. The first-order chi connectivity index (χ1) is 11.0. The highest BCUT2D eigenvalue weighted by molar-refractivity contribution is 7.89. The van der Waals surface area contributed by atoms with Gasteiger partial charge in [-0.25, -0.2) is 21.6 Å². The Bertz CT molecular complexity index is 811. The van der Waals surface area contributed by atoms with Crippen LogP contribution < -0.4 is 9.46 Å². The summed E-state index contributed by atoms with van der Waals surface area (Å²) in [4.78, 5) is 0.155. The van der Waals surface area contributed by atoms with Gasteiger partial charge in [0.25, 0.3) is 0 Å². The van der Waals surface area contributed by atoms with Gasteiger partial charge in [0, 0.05) is 19.1 Å². The Morgan fingerprint density at radius 2 is 1.62 bits per heavy atom. The number of sulfonamides is 2. The van der Waals surface area contributed by atoms with Gasteiger partial charge in [-0.05, 0) is 49.9 Å². The molecule has 0 aromatic heterocycles. The summed E-state index contributed by atoms with van der Waals surface area (Å²) in [5.74, 6) is 0.328. The molecule has 1 aromatic carbocycles. The molecule has 0 unspecified atom stereocenters. The van der Waals surface area contributed by atoms with Crippen LogP contribution in [0.5, 0.6) is 5.75 Å². The lowest BCUT2D eigenvalue weighted by Crippen LogP contribution is -2.46. The Morgan fingerprint density at radius 1 is 1.08 bits per heavy atom. The predicted molar refractivity (Wildman–Crippen MR) is 92.2 cm³/mol. The fourth-order valence-corrected chi connectivity index (χ4v) is 5.31. The van der Waals surface area contributed by atoms with E-state index in [0.29, 0.717) is 18.6 Å². The van der Waals surface area contributed by atoms with Gasteiger partial charge >= 0.3 is 0 Å². The standard InChI is InChI=1S/C15H24N2O5S2/c1-11-9-14(22-3)15(10-12(11)2)24(20,21)17-7-5-13(6-8-17)16-23(4,18)19/h9-10,13,16H,5-8H2,1-4H3. The summed E-state index contributed by atoms with van der Waals surface area (Å²) in [5.41, 5.74) is 1.84. The highest BCUT2D eigenvalue weighted by Gasteiger charge is 2.32. The van der Waals surface area contributed by atoms with Crippen LogP contribution in [0.2, 0.25) is 0 Å². The Kier molecular flexibility index (Phi) is 5.58. The smallest absolute Gasteiger partial charge is 0.246 e. The summed E-state index contributed by atoms with van der Waals surface area (Å²) in [5, 5.41) is 0. The van der Waals surface area contributed by atoms with Gasteiger partial charge in [0.15, 0.2) is 0 Å². The molecule has 1 fully saturated rings. The molecular weight excluding hydrogens is 352 g/mol. The largest absolute Gasteiger partial charge is 0.495 e. The molecule has 9 heteroatoms. The molecule has 0 atom stereocenters. The minimum absolute atomic E-state index is 0.155. The van der Waals surface area contributed by atoms with E-state index in [9.17, 15) is 16.8 Å². The van der Waals surface area contributed by atoms with Crippen molar-refractivity contribution in [3.8, 4) is 5.75 Å². The zero-order valence-corrected chi connectivity index (χ0v) is 16.0. The molecule has 0 amide bonds. The van der Waals surface area contributed by atoms with Crippen LogP contribution in [-0.2, 0) is 20.0 Å². The SMILES string of the molecule is COc1cc(C)c(C)cc1S(=O)(=O)N1CCC(NS(C)(=O)=O)CC1. The average Bonchev–Trinajstić information content (AvgIpc) is 2.48. The number of nitrogens with zero attached hydrogens (tertiary/aromatic N) is 1. The van der Waals surface area contributed by atoms with Gasteiger partial charge in [0.2, 0.25) is 20.0 Å². The lowest BCUT2D eigenvalue weighted by Gasteiger charge is -2.31. The van der Waals surface area contributed by atoms with Crippen molar-refractivity contribution < 1.29 is 21.6 Å². The number of piperidine rings is 1. The molecule has 2 rings (SSSR count). The van der Waals surface area contributed by atoms with Crippen molar-refractivity contribution in [1.82, 2.24) is 9.03 Å². The highest BCUT2D eigenvalue weighted by atomic mass is 32.2. The minimum Gasteiger partial charge on any atom is -0.495 e. The number of methoxy groups -OCH3 is 1. The first kappa shape index (κ1) is 19.2. The molecule has 0 bridgehead atoms. The van der Waals surface area contributed by atoms with Crippen molar-refractivity contribution in [2.75, 3.05) is 26.5 Å². The van der Waals surface area contributed by atoms with Gasteiger partial charge in [-0.2, -0.15) is 4.31 Å². The fourth-order valence-electron chi connectivity index (χ4n) is 2.78. The molecule has 1 saturated heterocycles. The summed E-state index contributed by atoms with van der Waals surface area (Å²) in [6, 6.07) is 3.12. The van der Waals surface area contributed by atoms with E-state index in [4.69, 9.17) is 4.74 Å². The Morgan fingerprint density at radius 3 is 2.12 bits per heavy atom. The fraction of sp³-hybridized carbons (Fsp3) is 0.600. The van der Waals surface area contributed by atoms with Gasteiger partial charge < -0.3 is 4.74 Å². The Hall–Kier alpha value is -1.16. The second-order valence-corrected chi connectivity index (χ2v) is 9.84. The van der Waals surface area contributed by atoms with Crippen LogP contribution in [0.1, 0.15) is 24.0 Å². The van der Waals surface area contributed by atoms with Gasteiger partial charge in [-0.1, -0.05) is 0 Å². The minimum atomic E-state index is -3.68. The molecular formula is C15H24N2O5S2. The van der Waals surface area contributed by atoms with E-state index in [2.05, 4.69) is 4.72 Å². The van der Waals surface area contributed by atoms with Crippen molar-refractivity contribution in [2.45, 2.75) is 37.6 Å². The highest BCUT2D eigenvalue weighted by Crippen LogP contribution is 2.31. The maximum Gasteiger partial charge on any atom is 0.246 e. The topological polar surface area (TPSA) is 92.8 Å². The lowest BCUT2D eigenvalue weighted by atomic mass is 10.1. The molecule has 1 N–H and O–H groups in total. The van der Waals surface area contributed by atoms with Crippen molar-refractivity contribution >= 4 is 20.0 Å². The van der Waals surface area contributed by atoms with Gasteiger partial charge in [-0.15, -0.1) is 0 Å². The monoisotopic (exact) mass is 376 g/mol. The van der Waals surface area contributed by atoms with E-state index in [-0.39, 0.29) is 24.0 Å². The Balaban J connectivity index is 2.22. The first-order valence-corrected chi connectivity index (χ1v) is 11.0. The van der Waals surface area contributed by atoms with Crippen molar-refractivity contribution in [2.24, 2.45) is 0 Å². The average molecular weight is 377 g/mol. The summed E-state index contributed by atoms with van der Waals surface area (Å²) in [6.07, 6.45) is 2.00. The number of ether oxygens (including phenoxy) is 1. The molecule has 1 aliphatic heterocycles. The molecule has 136 valence electrons. The van der Waals surface area contributed by atoms with Crippen LogP contribution in [0, 0.1) is 13.8 Å². The molecule has 24 heavy (non-hydrogen) atoms. The third-order valence-electron chi connectivity index (χ3n) is 4.23. The van der Waals surface area contributed by atoms with Crippen LogP contribution in [-0.4, -0.2) is 53.6 Å². The summed E-state index contributed by atoms with van der Waals surface area (Å²) >= 11 is 0. The number of nitrogens with one attached hydrogen (secondary N) is 1. The van der Waals surface area contributed by atoms with Crippen LogP contribution in [0.4, 0.5) is 0 Å². The van der Waals surface area contributed by atoms with E-state index >= 15 is 0 Å². The number of hydrogen-bond donors (Lipinski definition) is 1. The molecule has 0 spiro atoms. The van der Waals surface area contributed by atoms with E-state index in [1.54, 1.807) is 12.1 Å². The summed E-state index contributed by atoms with van der Waals surface area (Å²) in [6.45, 7) is 4.30. The second-order valence-electron chi connectivity index (χ2n) is 6.16. The number of aryl methyl sites for hydroxylation is 2. The maximum atomic E-state index is 12.9. The van der Waals surface area contributed by atoms with E-state index in [1.165, 1.54) is 11.4 Å². The van der Waals surface area contributed by atoms with Crippen LogP contribution in [0.3, 0.4) is 0 Å². The zero-order valence-electron chi connectivity index (χ0n) is 14.4. The molecule has 0 aliphatic carbocycles. The van der Waals surface area contributed by atoms with Crippen molar-refractivity contribution in [3.05, 3.63) is 23.3 Å². The lowest BCUT2D eigenvalue weighted by molar-refractivity contribution is 0.307. The van der Waals surface area contributed by atoms with E-state index in [1.807, 2.05) is 13.8 Å². The first-order valence-electron chi connectivity index (χ1n) is 7.67.